The predicted octanol–water partition coefficient (Wildman–Crippen LogP) is 3.86. The normalized spacial score (nSPS) is 15.0. The Morgan fingerprint density at radius 1 is 1.09 bits per heavy atom. The van der Waals surface area contributed by atoms with Gasteiger partial charge in [0.2, 0.25) is 0 Å². The number of hydrogen-bond donors (Lipinski definition) is 1. The van der Waals surface area contributed by atoms with E-state index in [0.717, 1.165) is 15.5 Å². The Morgan fingerprint density at radius 3 is 2.53 bits per heavy atom. The van der Waals surface area contributed by atoms with Crippen LogP contribution in [0.1, 0.15) is 39.5 Å². The molecule has 10 heteroatoms. The summed E-state index contributed by atoms with van der Waals surface area (Å²) in [6.45, 7) is 1.60. The molecule has 1 atom stereocenters. The van der Waals surface area contributed by atoms with Crippen molar-refractivity contribution >= 4 is 46.2 Å². The number of amides is 2. The van der Waals surface area contributed by atoms with Crippen LogP contribution in [-0.2, 0) is 14.3 Å². The van der Waals surface area contributed by atoms with Gasteiger partial charge in [0.05, 0.1) is 23.2 Å². The molecule has 0 radical (unpaired) electrons. The molecule has 0 saturated carbocycles. The fourth-order valence-corrected chi connectivity index (χ4v) is 4.95. The van der Waals surface area contributed by atoms with E-state index in [1.54, 1.807) is 46.9 Å². The van der Waals surface area contributed by atoms with Crippen molar-refractivity contribution in [1.29, 1.82) is 0 Å². The summed E-state index contributed by atoms with van der Waals surface area (Å²) in [5.41, 5.74) is 1.22. The molecule has 0 saturated heterocycles. The molecule has 1 aromatic carbocycles. The highest BCUT2D eigenvalue weighted by atomic mass is 32.1. The third kappa shape index (κ3) is 5.70. The molecule has 0 spiro atoms. The number of ether oxygens (including phenoxy) is 2. The summed E-state index contributed by atoms with van der Waals surface area (Å²) < 4.78 is 10.5. The molecule has 2 aromatic heterocycles. The van der Waals surface area contributed by atoms with Crippen molar-refractivity contribution in [2.75, 3.05) is 19.8 Å². The van der Waals surface area contributed by atoms with Crippen LogP contribution >= 0.6 is 22.7 Å². The van der Waals surface area contributed by atoms with Gasteiger partial charge in [0.1, 0.15) is 12.3 Å². The number of rotatable bonds is 9. The van der Waals surface area contributed by atoms with E-state index >= 15 is 0 Å². The zero-order valence-corrected chi connectivity index (χ0v) is 20.1. The fourth-order valence-electron chi connectivity index (χ4n) is 3.42. The number of nitrogens with one attached hydrogen (secondary N) is 1. The molecule has 0 aliphatic carbocycles. The van der Waals surface area contributed by atoms with Gasteiger partial charge in [0.15, 0.2) is 6.61 Å². The minimum atomic E-state index is -0.707. The summed E-state index contributed by atoms with van der Waals surface area (Å²) in [6.07, 6.45) is 0.596. The summed E-state index contributed by atoms with van der Waals surface area (Å²) in [6, 6.07) is 14.1. The highest BCUT2D eigenvalue weighted by Gasteiger charge is 2.34. The van der Waals surface area contributed by atoms with Crippen LogP contribution in [0, 0.1) is 0 Å². The summed E-state index contributed by atoms with van der Waals surface area (Å²) in [4.78, 5) is 39.3. The van der Waals surface area contributed by atoms with Crippen molar-refractivity contribution in [3.8, 4) is 5.75 Å². The molecule has 1 aliphatic rings. The first-order chi connectivity index (χ1) is 16.5. The number of thiophene rings is 2. The average molecular weight is 498 g/mol. The number of benzene rings is 1. The Morgan fingerprint density at radius 2 is 1.85 bits per heavy atom. The lowest BCUT2D eigenvalue weighted by Crippen LogP contribution is -2.34. The van der Waals surface area contributed by atoms with Crippen LogP contribution in [0.5, 0.6) is 5.75 Å². The number of carbonyl (C=O) groups excluding carboxylic acids is 3. The Hall–Kier alpha value is -3.50. The lowest BCUT2D eigenvalue weighted by molar-refractivity contribution is -0.151. The van der Waals surface area contributed by atoms with E-state index in [0.29, 0.717) is 24.3 Å². The van der Waals surface area contributed by atoms with Gasteiger partial charge in [0.25, 0.3) is 11.8 Å². The topological polar surface area (TPSA) is 97.3 Å². The molecular weight excluding hydrogens is 474 g/mol. The lowest BCUT2D eigenvalue weighted by atomic mass is 10.1. The molecule has 3 heterocycles. The smallest absolute Gasteiger partial charge is 0.325 e. The molecule has 34 heavy (non-hydrogen) atoms. The molecule has 2 amide bonds. The third-order valence-corrected chi connectivity index (χ3v) is 6.91. The maximum Gasteiger partial charge on any atom is 0.325 e. The largest absolute Gasteiger partial charge is 0.494 e. The number of hydrogen-bond acceptors (Lipinski definition) is 8. The maximum absolute atomic E-state index is 12.9. The monoisotopic (exact) mass is 497 g/mol. The van der Waals surface area contributed by atoms with Gasteiger partial charge in [-0.25, -0.2) is 5.01 Å². The van der Waals surface area contributed by atoms with E-state index in [1.165, 1.54) is 5.01 Å². The van der Waals surface area contributed by atoms with E-state index in [9.17, 15) is 14.4 Å². The Balaban J connectivity index is 1.31. The maximum atomic E-state index is 12.9. The Labute approximate surface area is 204 Å². The van der Waals surface area contributed by atoms with Crippen LogP contribution in [0.2, 0.25) is 0 Å². The van der Waals surface area contributed by atoms with Gasteiger partial charge in [-0.3, -0.25) is 14.4 Å². The number of carbonyl (C=O) groups is 3. The first-order valence-corrected chi connectivity index (χ1v) is 12.4. The molecule has 1 aliphatic heterocycles. The van der Waals surface area contributed by atoms with Gasteiger partial charge in [0, 0.05) is 16.9 Å². The molecule has 0 fully saturated rings. The molecule has 1 N–H and O–H groups in total. The third-order valence-electron chi connectivity index (χ3n) is 5.02. The molecule has 3 aromatic rings. The van der Waals surface area contributed by atoms with Crippen LogP contribution in [0.3, 0.4) is 0 Å². The van der Waals surface area contributed by atoms with Gasteiger partial charge < -0.3 is 14.8 Å². The van der Waals surface area contributed by atoms with Gasteiger partial charge in [-0.05, 0) is 54.1 Å². The summed E-state index contributed by atoms with van der Waals surface area (Å²) >= 11 is 3.11. The standard InChI is InChI=1S/C24H23N3O5S2/c1-2-31-17-9-7-16(8-10-17)24(30)25-14-23(29)32-15-22(28)27-19(21-6-4-12-34-21)13-18(26-27)20-5-3-11-33-20/h3-12,19H,2,13-15H2,1H3,(H,25,30). The van der Waals surface area contributed by atoms with Crippen LogP contribution < -0.4 is 10.1 Å². The minimum Gasteiger partial charge on any atom is -0.494 e. The van der Waals surface area contributed by atoms with Gasteiger partial charge >= 0.3 is 5.97 Å². The molecule has 176 valence electrons. The highest BCUT2D eigenvalue weighted by molar-refractivity contribution is 7.12. The van der Waals surface area contributed by atoms with Crippen LogP contribution in [0.25, 0.3) is 0 Å². The quantitative estimate of drug-likeness (QED) is 0.453. The molecule has 1 unspecified atom stereocenters. The zero-order valence-electron chi connectivity index (χ0n) is 18.4. The van der Waals surface area contributed by atoms with E-state index in [2.05, 4.69) is 10.4 Å². The predicted molar refractivity (Wildman–Crippen MR) is 130 cm³/mol. The fraction of sp³-hybridized carbons (Fsp3) is 0.250. The van der Waals surface area contributed by atoms with Crippen molar-refractivity contribution in [2.45, 2.75) is 19.4 Å². The van der Waals surface area contributed by atoms with Crippen LogP contribution in [0.4, 0.5) is 0 Å². The second kappa shape index (κ2) is 11.1. The summed E-state index contributed by atoms with van der Waals surface area (Å²) in [7, 11) is 0. The van der Waals surface area contributed by atoms with Gasteiger partial charge in [-0.15, -0.1) is 22.7 Å². The van der Waals surface area contributed by atoms with Gasteiger partial charge in [-0.1, -0.05) is 12.1 Å². The minimum absolute atomic E-state index is 0.234. The first-order valence-electron chi connectivity index (χ1n) is 10.7. The highest BCUT2D eigenvalue weighted by Crippen LogP contribution is 2.35. The molecule has 0 bridgehead atoms. The van der Waals surface area contributed by atoms with Crippen molar-refractivity contribution in [3.05, 3.63) is 74.6 Å². The second-order valence-electron chi connectivity index (χ2n) is 7.30. The summed E-state index contributed by atoms with van der Waals surface area (Å²) in [5, 5.41) is 12.3. The zero-order chi connectivity index (χ0) is 23.9. The average Bonchev–Trinajstić information content (AvgIpc) is 3.62. The number of esters is 1. The SMILES string of the molecule is CCOc1ccc(C(=O)NCC(=O)OCC(=O)N2N=C(c3cccs3)CC2c2cccs2)cc1. The molecule has 8 nitrogen and oxygen atoms in total. The van der Waals surface area contributed by atoms with Crippen LogP contribution in [-0.4, -0.2) is 48.3 Å². The molecule has 4 rings (SSSR count). The van der Waals surface area contributed by atoms with Crippen LogP contribution in [0.15, 0.2) is 64.4 Å². The lowest BCUT2D eigenvalue weighted by Gasteiger charge is -2.20. The van der Waals surface area contributed by atoms with E-state index in [-0.39, 0.29) is 12.6 Å². The van der Waals surface area contributed by atoms with Crippen molar-refractivity contribution < 1.29 is 23.9 Å². The van der Waals surface area contributed by atoms with Crippen molar-refractivity contribution in [3.63, 3.8) is 0 Å². The Bertz CT molecular complexity index is 1160. The van der Waals surface area contributed by atoms with Crippen molar-refractivity contribution in [1.82, 2.24) is 10.3 Å². The van der Waals surface area contributed by atoms with E-state index in [1.807, 2.05) is 41.9 Å². The summed E-state index contributed by atoms with van der Waals surface area (Å²) in [5.74, 6) is -0.892. The molecular formula is C24H23N3O5S2. The first kappa shape index (κ1) is 23.7. The number of hydrazone groups is 1. The second-order valence-corrected chi connectivity index (χ2v) is 9.23. The van der Waals surface area contributed by atoms with E-state index in [4.69, 9.17) is 9.47 Å². The van der Waals surface area contributed by atoms with Gasteiger partial charge in [-0.2, -0.15) is 5.10 Å². The Kier molecular flexibility index (Phi) is 7.71. The van der Waals surface area contributed by atoms with E-state index < -0.39 is 24.4 Å². The number of nitrogens with zero attached hydrogens (tertiary/aromatic N) is 2. The van der Waals surface area contributed by atoms with Crippen molar-refractivity contribution in [2.24, 2.45) is 5.10 Å².